The molecule has 2 fully saturated rings. The van der Waals surface area contributed by atoms with Gasteiger partial charge in [-0.05, 0) is 25.2 Å². The molecule has 3 atom stereocenters. The Kier molecular flexibility index (Phi) is 6.67. The highest BCUT2D eigenvalue weighted by Gasteiger charge is 2.33. The Balaban J connectivity index is 1.74. The Morgan fingerprint density at radius 1 is 1.39 bits per heavy atom. The van der Waals surface area contributed by atoms with Gasteiger partial charge in [0.1, 0.15) is 6.61 Å². The van der Waals surface area contributed by atoms with Crippen LogP contribution in [0.15, 0.2) is 0 Å². The van der Waals surface area contributed by atoms with E-state index in [1.54, 1.807) is 4.90 Å². The minimum Gasteiger partial charge on any atom is -0.448 e. The van der Waals surface area contributed by atoms with Crippen molar-refractivity contribution in [3.8, 4) is 6.07 Å². The lowest BCUT2D eigenvalue weighted by molar-refractivity contribution is -0.0248. The van der Waals surface area contributed by atoms with E-state index in [-0.39, 0.29) is 24.0 Å². The van der Waals surface area contributed by atoms with Gasteiger partial charge in [0.15, 0.2) is 0 Å². The van der Waals surface area contributed by atoms with Crippen LogP contribution in [0.1, 0.15) is 27.2 Å². The average Bonchev–Trinajstić information content (AvgIpc) is 2.54. The van der Waals surface area contributed by atoms with Gasteiger partial charge in [-0.2, -0.15) is 5.26 Å². The van der Waals surface area contributed by atoms with Crippen LogP contribution in [0.4, 0.5) is 4.79 Å². The molecule has 1 amide bonds. The maximum Gasteiger partial charge on any atom is 0.409 e. The minimum absolute atomic E-state index is 0.0499. The molecule has 0 N–H and O–H groups in total. The zero-order valence-corrected chi connectivity index (χ0v) is 14.5. The van der Waals surface area contributed by atoms with Gasteiger partial charge < -0.3 is 14.4 Å². The third-order valence-corrected chi connectivity index (χ3v) is 4.90. The third-order valence-electron chi connectivity index (χ3n) is 4.90. The van der Waals surface area contributed by atoms with Crippen molar-refractivity contribution in [2.45, 2.75) is 33.3 Å². The largest absolute Gasteiger partial charge is 0.448 e. The summed E-state index contributed by atoms with van der Waals surface area (Å²) in [6, 6.07) is 2.39. The summed E-state index contributed by atoms with van der Waals surface area (Å²) in [5.41, 5.74) is 0. The van der Waals surface area contributed by atoms with E-state index in [0.717, 1.165) is 32.7 Å². The topological polar surface area (TPSA) is 65.8 Å². The summed E-state index contributed by atoms with van der Waals surface area (Å²) in [5.74, 6) is 0.681. The van der Waals surface area contributed by atoms with Crippen molar-refractivity contribution >= 4 is 6.09 Å². The molecule has 0 aromatic rings. The van der Waals surface area contributed by atoms with Crippen LogP contribution in [0.5, 0.6) is 0 Å². The molecule has 0 aromatic carbocycles. The van der Waals surface area contributed by atoms with Crippen LogP contribution in [-0.4, -0.2) is 67.9 Å². The Morgan fingerprint density at radius 2 is 2.17 bits per heavy atom. The number of carbonyl (C=O) groups is 1. The van der Waals surface area contributed by atoms with E-state index in [1.165, 1.54) is 0 Å². The molecule has 2 saturated heterocycles. The van der Waals surface area contributed by atoms with Crippen LogP contribution in [0.25, 0.3) is 0 Å². The SMILES string of the molecule is CC1CN(CCOC(=O)N2CCC(C#N)C(C(C)C)C2)CCO1. The molecule has 0 spiro atoms. The van der Waals surface area contributed by atoms with Crippen molar-refractivity contribution < 1.29 is 14.3 Å². The number of carbonyl (C=O) groups excluding carboxylic acids is 1. The Bertz CT molecular complexity index is 435. The van der Waals surface area contributed by atoms with Crippen molar-refractivity contribution in [1.82, 2.24) is 9.80 Å². The van der Waals surface area contributed by atoms with Crippen molar-refractivity contribution in [2.75, 3.05) is 45.9 Å². The molecular formula is C17H29N3O3. The predicted octanol–water partition coefficient (Wildman–Crippen LogP) is 1.96. The second kappa shape index (κ2) is 8.51. The first kappa shape index (κ1) is 18.0. The van der Waals surface area contributed by atoms with Gasteiger partial charge in [0, 0.05) is 32.7 Å². The van der Waals surface area contributed by atoms with Crippen molar-refractivity contribution in [3.05, 3.63) is 0 Å². The number of ether oxygens (including phenoxy) is 2. The zero-order chi connectivity index (χ0) is 16.8. The first-order chi connectivity index (χ1) is 11.0. The molecule has 130 valence electrons. The normalized spacial score (nSPS) is 29.3. The smallest absolute Gasteiger partial charge is 0.409 e. The predicted molar refractivity (Wildman–Crippen MR) is 86.8 cm³/mol. The van der Waals surface area contributed by atoms with Gasteiger partial charge in [0.2, 0.25) is 0 Å². The van der Waals surface area contributed by atoms with E-state index in [2.05, 4.69) is 31.7 Å². The van der Waals surface area contributed by atoms with Crippen LogP contribution in [0.3, 0.4) is 0 Å². The van der Waals surface area contributed by atoms with Gasteiger partial charge >= 0.3 is 6.09 Å². The van der Waals surface area contributed by atoms with Crippen molar-refractivity contribution in [2.24, 2.45) is 17.8 Å². The lowest BCUT2D eigenvalue weighted by atomic mass is 9.79. The molecule has 6 nitrogen and oxygen atoms in total. The zero-order valence-electron chi connectivity index (χ0n) is 14.5. The quantitative estimate of drug-likeness (QED) is 0.791. The molecule has 3 unspecified atom stereocenters. The summed E-state index contributed by atoms with van der Waals surface area (Å²) in [4.78, 5) is 16.3. The third kappa shape index (κ3) is 5.08. The molecular weight excluding hydrogens is 294 g/mol. The van der Waals surface area contributed by atoms with E-state index in [9.17, 15) is 10.1 Å². The molecule has 2 aliphatic heterocycles. The number of rotatable bonds is 4. The highest BCUT2D eigenvalue weighted by Crippen LogP contribution is 2.29. The van der Waals surface area contributed by atoms with E-state index in [0.29, 0.717) is 25.6 Å². The Hall–Kier alpha value is -1.32. The van der Waals surface area contributed by atoms with Crippen LogP contribution < -0.4 is 0 Å². The number of piperidine rings is 1. The number of amides is 1. The molecule has 23 heavy (non-hydrogen) atoms. The van der Waals surface area contributed by atoms with E-state index in [4.69, 9.17) is 9.47 Å². The standard InChI is InChI=1S/C17H29N3O3/c1-13(2)16-12-20(5-4-15(16)10-18)17(21)23-9-7-19-6-8-22-14(3)11-19/h13-16H,4-9,11-12H2,1-3H3. The molecule has 0 bridgehead atoms. The lowest BCUT2D eigenvalue weighted by Gasteiger charge is -2.37. The Morgan fingerprint density at radius 3 is 2.83 bits per heavy atom. The highest BCUT2D eigenvalue weighted by atomic mass is 16.6. The second-order valence-electron chi connectivity index (χ2n) is 6.97. The van der Waals surface area contributed by atoms with Crippen LogP contribution in [0, 0.1) is 29.1 Å². The van der Waals surface area contributed by atoms with Gasteiger partial charge in [-0.3, -0.25) is 4.90 Å². The number of nitrogens with zero attached hydrogens (tertiary/aromatic N) is 3. The summed E-state index contributed by atoms with van der Waals surface area (Å²) >= 11 is 0. The van der Waals surface area contributed by atoms with Crippen molar-refractivity contribution in [3.63, 3.8) is 0 Å². The summed E-state index contributed by atoms with van der Waals surface area (Å²) in [5, 5.41) is 9.24. The summed E-state index contributed by atoms with van der Waals surface area (Å²) < 4.78 is 10.9. The van der Waals surface area contributed by atoms with Gasteiger partial charge in [-0.25, -0.2) is 4.79 Å². The first-order valence-corrected chi connectivity index (χ1v) is 8.66. The number of hydrogen-bond donors (Lipinski definition) is 0. The summed E-state index contributed by atoms with van der Waals surface area (Å²) in [7, 11) is 0. The maximum absolute atomic E-state index is 12.2. The van der Waals surface area contributed by atoms with Gasteiger partial charge in [-0.1, -0.05) is 13.8 Å². The molecule has 0 saturated carbocycles. The number of nitriles is 1. The fraction of sp³-hybridized carbons (Fsp3) is 0.882. The summed E-state index contributed by atoms with van der Waals surface area (Å²) in [6.07, 6.45) is 0.750. The Labute approximate surface area is 139 Å². The molecule has 0 radical (unpaired) electrons. The van der Waals surface area contributed by atoms with Gasteiger partial charge in [0.05, 0.1) is 24.7 Å². The first-order valence-electron chi connectivity index (χ1n) is 8.66. The fourth-order valence-electron chi connectivity index (χ4n) is 3.43. The minimum atomic E-state index is -0.242. The molecule has 6 heteroatoms. The number of morpholine rings is 1. The van der Waals surface area contributed by atoms with Crippen LogP contribution >= 0.6 is 0 Å². The lowest BCUT2D eigenvalue weighted by Crippen LogP contribution is -2.46. The molecule has 2 aliphatic rings. The number of likely N-dealkylation sites (tertiary alicyclic amines) is 1. The van der Waals surface area contributed by atoms with Crippen LogP contribution in [0.2, 0.25) is 0 Å². The maximum atomic E-state index is 12.2. The monoisotopic (exact) mass is 323 g/mol. The van der Waals surface area contributed by atoms with Crippen molar-refractivity contribution in [1.29, 1.82) is 5.26 Å². The molecule has 0 aromatic heterocycles. The second-order valence-corrected chi connectivity index (χ2v) is 6.97. The highest BCUT2D eigenvalue weighted by molar-refractivity contribution is 5.67. The number of hydrogen-bond acceptors (Lipinski definition) is 5. The average molecular weight is 323 g/mol. The van der Waals surface area contributed by atoms with E-state index >= 15 is 0 Å². The molecule has 2 heterocycles. The molecule has 2 rings (SSSR count). The van der Waals surface area contributed by atoms with Gasteiger partial charge in [0.25, 0.3) is 0 Å². The fourth-order valence-corrected chi connectivity index (χ4v) is 3.43. The van der Waals surface area contributed by atoms with E-state index < -0.39 is 0 Å². The van der Waals surface area contributed by atoms with Crippen LogP contribution in [-0.2, 0) is 9.47 Å². The van der Waals surface area contributed by atoms with E-state index in [1.807, 2.05) is 0 Å². The summed E-state index contributed by atoms with van der Waals surface area (Å²) in [6.45, 7) is 11.2. The van der Waals surface area contributed by atoms with Gasteiger partial charge in [-0.15, -0.1) is 0 Å². The molecule has 0 aliphatic carbocycles.